The molecule has 0 nitrogen and oxygen atoms in total. The summed E-state index contributed by atoms with van der Waals surface area (Å²) in [6, 6.07) is 28.3. The second kappa shape index (κ2) is 5.73. The minimum Gasteiger partial charge on any atom is -0.0616 e. The second-order valence-electron chi connectivity index (χ2n) is 6.05. The molecule has 4 aromatic rings. The van der Waals surface area contributed by atoms with Gasteiger partial charge in [0.05, 0.1) is 0 Å². The van der Waals surface area contributed by atoms with Gasteiger partial charge < -0.3 is 0 Å². The van der Waals surface area contributed by atoms with Crippen LogP contribution >= 0.6 is 0 Å². The van der Waals surface area contributed by atoms with Crippen LogP contribution in [0.2, 0.25) is 0 Å². The van der Waals surface area contributed by atoms with Gasteiger partial charge in [0.2, 0.25) is 0 Å². The van der Waals surface area contributed by atoms with E-state index in [2.05, 4.69) is 97.9 Å². The summed E-state index contributed by atoms with van der Waals surface area (Å²) in [6.45, 7) is 2.13. The Hall–Kier alpha value is -2.86. The van der Waals surface area contributed by atoms with Crippen LogP contribution in [0.3, 0.4) is 0 Å². The minimum absolute atomic E-state index is 1.23. The number of benzene rings is 4. The molecule has 4 aromatic carbocycles. The predicted octanol–water partition coefficient (Wildman–Crippen LogP) is 6.47. The molecule has 4 rings (SSSR count). The quantitative estimate of drug-likeness (QED) is 0.371. The molecular weight excluding hydrogens is 276 g/mol. The van der Waals surface area contributed by atoms with Gasteiger partial charge in [0.1, 0.15) is 0 Å². The lowest BCUT2D eigenvalue weighted by atomic mass is 10.0. The summed E-state index contributed by atoms with van der Waals surface area (Å²) >= 11 is 0. The van der Waals surface area contributed by atoms with Gasteiger partial charge in [-0.1, -0.05) is 84.4 Å². The number of aryl methyl sites for hydroxylation is 1. The largest absolute Gasteiger partial charge is 0.0616 e. The number of hydrogen-bond acceptors (Lipinski definition) is 0. The highest BCUT2D eigenvalue weighted by molar-refractivity contribution is 5.88. The smallest absolute Gasteiger partial charge is 0.0178 e. The van der Waals surface area contributed by atoms with Gasteiger partial charge >= 0.3 is 0 Å². The van der Waals surface area contributed by atoms with Crippen LogP contribution in [0.1, 0.15) is 16.7 Å². The fourth-order valence-electron chi connectivity index (χ4n) is 2.99. The van der Waals surface area contributed by atoms with E-state index in [1.165, 1.54) is 38.2 Å². The Balaban J connectivity index is 1.67. The van der Waals surface area contributed by atoms with Crippen LogP contribution in [-0.2, 0) is 0 Å². The molecule has 0 radical (unpaired) electrons. The van der Waals surface area contributed by atoms with Crippen molar-refractivity contribution in [2.45, 2.75) is 6.92 Å². The van der Waals surface area contributed by atoms with Gasteiger partial charge in [0.25, 0.3) is 0 Å². The normalized spacial score (nSPS) is 11.5. The average molecular weight is 294 g/mol. The van der Waals surface area contributed by atoms with Gasteiger partial charge in [0.15, 0.2) is 0 Å². The Morgan fingerprint density at radius 1 is 0.522 bits per heavy atom. The van der Waals surface area contributed by atoms with E-state index >= 15 is 0 Å². The second-order valence-corrected chi connectivity index (χ2v) is 6.05. The van der Waals surface area contributed by atoms with Crippen molar-refractivity contribution >= 4 is 33.7 Å². The van der Waals surface area contributed by atoms with Crippen molar-refractivity contribution in [3.8, 4) is 0 Å². The first-order chi connectivity index (χ1) is 11.3. The zero-order valence-electron chi connectivity index (χ0n) is 13.2. The number of rotatable bonds is 2. The molecule has 0 saturated heterocycles. The average Bonchev–Trinajstić information content (AvgIpc) is 2.59. The maximum Gasteiger partial charge on any atom is -0.0178 e. The van der Waals surface area contributed by atoms with Gasteiger partial charge in [-0.3, -0.25) is 0 Å². The summed E-state index contributed by atoms with van der Waals surface area (Å²) < 4.78 is 0. The molecule has 0 N–H and O–H groups in total. The first kappa shape index (κ1) is 13.8. The van der Waals surface area contributed by atoms with E-state index in [-0.39, 0.29) is 0 Å². The summed E-state index contributed by atoms with van der Waals surface area (Å²) in [5, 5.41) is 5.15. The van der Waals surface area contributed by atoms with Crippen molar-refractivity contribution in [1.82, 2.24) is 0 Å². The van der Waals surface area contributed by atoms with Crippen LogP contribution in [0.15, 0.2) is 78.9 Å². The Morgan fingerprint density at radius 2 is 1.04 bits per heavy atom. The van der Waals surface area contributed by atoms with Crippen LogP contribution in [0.5, 0.6) is 0 Å². The third-order valence-electron chi connectivity index (χ3n) is 4.26. The molecule has 0 unspecified atom stereocenters. The van der Waals surface area contributed by atoms with Crippen molar-refractivity contribution in [3.05, 3.63) is 95.6 Å². The van der Waals surface area contributed by atoms with Crippen molar-refractivity contribution in [2.24, 2.45) is 0 Å². The van der Waals surface area contributed by atoms with E-state index in [9.17, 15) is 0 Å². The fourth-order valence-corrected chi connectivity index (χ4v) is 2.99. The molecule has 0 aliphatic carbocycles. The summed E-state index contributed by atoms with van der Waals surface area (Å²) in [7, 11) is 0. The monoisotopic (exact) mass is 294 g/mol. The summed E-state index contributed by atoms with van der Waals surface area (Å²) in [5.74, 6) is 0. The topological polar surface area (TPSA) is 0 Å². The van der Waals surface area contributed by atoms with Crippen LogP contribution in [0.4, 0.5) is 0 Å². The van der Waals surface area contributed by atoms with E-state index in [0.29, 0.717) is 0 Å². The molecule has 110 valence electrons. The standard InChI is InChI=1S/C23H18/c1-17-6-11-23-16-19(10-13-22(23)14-17)8-7-18-9-12-20-4-2-3-5-21(20)15-18/h2-16H,1H3/b8-7+. The van der Waals surface area contributed by atoms with Crippen LogP contribution in [-0.4, -0.2) is 0 Å². The van der Waals surface area contributed by atoms with Gasteiger partial charge in [-0.2, -0.15) is 0 Å². The lowest BCUT2D eigenvalue weighted by Gasteiger charge is -2.02. The molecule has 0 heteroatoms. The fraction of sp³-hybridized carbons (Fsp3) is 0.0435. The van der Waals surface area contributed by atoms with Gasteiger partial charge in [-0.25, -0.2) is 0 Å². The molecule has 0 saturated carbocycles. The Kier molecular flexibility index (Phi) is 3.44. The van der Waals surface area contributed by atoms with E-state index in [4.69, 9.17) is 0 Å². The highest BCUT2D eigenvalue weighted by Crippen LogP contribution is 2.20. The highest BCUT2D eigenvalue weighted by Gasteiger charge is 1.96. The molecule has 0 amide bonds. The maximum atomic E-state index is 2.24. The molecular formula is C23H18. The number of fused-ring (bicyclic) bond motifs is 2. The van der Waals surface area contributed by atoms with Crippen molar-refractivity contribution < 1.29 is 0 Å². The molecule has 0 atom stereocenters. The highest BCUT2D eigenvalue weighted by atomic mass is 14.0. The maximum absolute atomic E-state index is 2.24. The van der Waals surface area contributed by atoms with Crippen molar-refractivity contribution in [1.29, 1.82) is 0 Å². The van der Waals surface area contributed by atoms with Gasteiger partial charge in [-0.15, -0.1) is 0 Å². The van der Waals surface area contributed by atoms with Crippen molar-refractivity contribution in [3.63, 3.8) is 0 Å². The molecule has 0 heterocycles. The lowest BCUT2D eigenvalue weighted by Crippen LogP contribution is -1.78. The van der Waals surface area contributed by atoms with Crippen LogP contribution < -0.4 is 0 Å². The Morgan fingerprint density at radius 3 is 1.78 bits per heavy atom. The van der Waals surface area contributed by atoms with E-state index in [0.717, 1.165) is 0 Å². The molecule has 0 aromatic heterocycles. The first-order valence-corrected chi connectivity index (χ1v) is 7.95. The zero-order chi connectivity index (χ0) is 15.6. The SMILES string of the molecule is Cc1ccc2cc(/C=C/c3ccc4ccccc4c3)ccc2c1. The van der Waals surface area contributed by atoms with E-state index in [1.54, 1.807) is 0 Å². The Bertz CT molecular complexity index is 1020. The van der Waals surface area contributed by atoms with Gasteiger partial charge in [0, 0.05) is 0 Å². The van der Waals surface area contributed by atoms with E-state index in [1.807, 2.05) is 0 Å². The number of hydrogen-bond donors (Lipinski definition) is 0. The van der Waals surface area contributed by atoms with Crippen LogP contribution in [0.25, 0.3) is 33.7 Å². The van der Waals surface area contributed by atoms with Crippen LogP contribution in [0, 0.1) is 6.92 Å². The third kappa shape index (κ3) is 2.89. The summed E-state index contributed by atoms with van der Waals surface area (Å²) in [5.41, 5.74) is 3.76. The predicted molar refractivity (Wildman–Crippen MR) is 102 cm³/mol. The third-order valence-corrected chi connectivity index (χ3v) is 4.26. The van der Waals surface area contributed by atoms with Gasteiger partial charge in [-0.05, 0) is 51.7 Å². The molecule has 0 spiro atoms. The first-order valence-electron chi connectivity index (χ1n) is 7.95. The molecule has 23 heavy (non-hydrogen) atoms. The summed E-state index contributed by atoms with van der Waals surface area (Å²) in [6.07, 6.45) is 4.37. The zero-order valence-corrected chi connectivity index (χ0v) is 13.2. The van der Waals surface area contributed by atoms with Crippen molar-refractivity contribution in [2.75, 3.05) is 0 Å². The molecule has 0 aliphatic heterocycles. The molecule has 0 bridgehead atoms. The summed E-state index contributed by atoms with van der Waals surface area (Å²) in [4.78, 5) is 0. The molecule has 0 fully saturated rings. The minimum atomic E-state index is 1.23. The Labute approximate surface area is 136 Å². The van der Waals surface area contributed by atoms with E-state index < -0.39 is 0 Å². The molecule has 0 aliphatic rings. The lowest BCUT2D eigenvalue weighted by molar-refractivity contribution is 1.50.